The summed E-state index contributed by atoms with van der Waals surface area (Å²) in [4.78, 5) is 13.3. The van der Waals surface area contributed by atoms with Gasteiger partial charge in [0, 0.05) is 19.2 Å². The largest absolute Gasteiger partial charge is 0.481 e. The molecule has 1 heterocycles. The molecule has 1 aromatic rings. The van der Waals surface area contributed by atoms with Crippen molar-refractivity contribution in [3.8, 4) is 0 Å². The monoisotopic (exact) mass is 262 g/mol. The van der Waals surface area contributed by atoms with Gasteiger partial charge in [-0.25, -0.2) is 17.5 Å². The molecule has 0 fully saturated rings. The summed E-state index contributed by atoms with van der Waals surface area (Å²) >= 11 is 0. The molecular weight excluding hydrogens is 251 g/mol. The average molecular weight is 262 g/mol. The predicted molar refractivity (Wildman–Crippen MR) is 56.3 cm³/mol. The first-order valence-electron chi connectivity index (χ1n) is 4.74. The molecule has 2 N–H and O–H groups in total. The van der Waals surface area contributed by atoms with Gasteiger partial charge in [-0.15, -0.1) is 0 Å². The van der Waals surface area contributed by atoms with Crippen LogP contribution in [0.1, 0.15) is 12.8 Å². The molecule has 0 aromatic carbocycles. The van der Waals surface area contributed by atoms with Crippen molar-refractivity contribution in [1.29, 1.82) is 0 Å². The number of rotatable bonds is 6. The van der Waals surface area contributed by atoms with E-state index in [1.807, 2.05) is 0 Å². The highest BCUT2D eigenvalue weighted by Gasteiger charge is 2.14. The number of carboxylic acid groups (broad SMARTS) is 1. The Kier molecular flexibility index (Phi) is 4.53. The molecule has 0 unspecified atom stereocenters. The summed E-state index contributed by atoms with van der Waals surface area (Å²) in [6.07, 6.45) is 1.94. The van der Waals surface area contributed by atoms with Gasteiger partial charge < -0.3 is 5.11 Å². The lowest BCUT2D eigenvalue weighted by Crippen LogP contribution is -2.25. The first-order chi connectivity index (χ1) is 7.92. The Morgan fingerprint density at radius 2 is 2.18 bits per heavy atom. The lowest BCUT2D eigenvalue weighted by Gasteiger charge is -2.05. The second-order valence-corrected chi connectivity index (χ2v) is 5.00. The van der Waals surface area contributed by atoms with Crippen molar-refractivity contribution in [1.82, 2.24) is 9.71 Å². The van der Waals surface area contributed by atoms with Gasteiger partial charge in [-0.05, 0) is 12.5 Å². The molecule has 6 nitrogen and oxygen atoms in total. The van der Waals surface area contributed by atoms with Gasteiger partial charge in [-0.3, -0.25) is 9.78 Å². The summed E-state index contributed by atoms with van der Waals surface area (Å²) in [5.41, 5.74) is 0. The maximum atomic E-state index is 12.8. The zero-order chi connectivity index (χ0) is 12.9. The lowest BCUT2D eigenvalue weighted by molar-refractivity contribution is -0.137. The third-order valence-corrected chi connectivity index (χ3v) is 3.28. The minimum atomic E-state index is -3.83. The third kappa shape index (κ3) is 4.45. The number of nitrogens with one attached hydrogen (secondary N) is 1. The van der Waals surface area contributed by atoms with E-state index in [4.69, 9.17) is 5.11 Å². The first kappa shape index (κ1) is 13.5. The number of pyridine rings is 1. The maximum absolute atomic E-state index is 12.8. The first-order valence-corrected chi connectivity index (χ1v) is 6.22. The van der Waals surface area contributed by atoms with E-state index < -0.39 is 21.8 Å². The van der Waals surface area contributed by atoms with Gasteiger partial charge in [-0.2, -0.15) is 0 Å². The summed E-state index contributed by atoms with van der Waals surface area (Å²) in [6, 6.07) is 0.840. The summed E-state index contributed by atoms with van der Waals surface area (Å²) in [6.45, 7) is -0.0227. The van der Waals surface area contributed by atoms with Crippen LogP contribution in [-0.2, 0) is 14.8 Å². The highest BCUT2D eigenvalue weighted by molar-refractivity contribution is 7.89. The SMILES string of the molecule is O=C(O)CCCNS(=O)(=O)c1cncc(F)c1. The summed E-state index contributed by atoms with van der Waals surface area (Å²) in [5.74, 6) is -1.75. The Bertz CT molecular complexity index is 503. The number of aromatic nitrogens is 1. The van der Waals surface area contributed by atoms with Crippen LogP contribution in [0, 0.1) is 5.82 Å². The Morgan fingerprint density at radius 3 is 2.76 bits per heavy atom. The van der Waals surface area contributed by atoms with Crippen molar-refractivity contribution in [3.63, 3.8) is 0 Å². The Labute approximate surface area is 97.5 Å². The van der Waals surface area contributed by atoms with Gasteiger partial charge in [0.05, 0.1) is 6.20 Å². The van der Waals surface area contributed by atoms with E-state index in [-0.39, 0.29) is 24.3 Å². The van der Waals surface area contributed by atoms with Crippen molar-refractivity contribution < 1.29 is 22.7 Å². The second-order valence-electron chi connectivity index (χ2n) is 3.23. The molecule has 0 bridgehead atoms. The fourth-order valence-corrected chi connectivity index (χ4v) is 2.12. The lowest BCUT2D eigenvalue weighted by atomic mass is 10.3. The van der Waals surface area contributed by atoms with Crippen LogP contribution in [0.15, 0.2) is 23.4 Å². The minimum absolute atomic E-state index is 0.0227. The van der Waals surface area contributed by atoms with Gasteiger partial charge in [0.2, 0.25) is 10.0 Å². The zero-order valence-corrected chi connectivity index (χ0v) is 9.58. The van der Waals surface area contributed by atoms with Gasteiger partial charge in [0.25, 0.3) is 0 Å². The number of sulfonamides is 1. The molecule has 0 spiro atoms. The van der Waals surface area contributed by atoms with Gasteiger partial charge in [-0.1, -0.05) is 0 Å². The van der Waals surface area contributed by atoms with Gasteiger partial charge in [0.1, 0.15) is 10.7 Å². The van der Waals surface area contributed by atoms with E-state index in [0.29, 0.717) is 0 Å². The molecule has 8 heteroatoms. The molecule has 0 aliphatic rings. The number of carboxylic acids is 1. The van der Waals surface area contributed by atoms with E-state index >= 15 is 0 Å². The molecule has 94 valence electrons. The fraction of sp³-hybridized carbons (Fsp3) is 0.333. The van der Waals surface area contributed by atoms with Crippen molar-refractivity contribution in [2.24, 2.45) is 0 Å². The van der Waals surface area contributed by atoms with E-state index in [1.54, 1.807) is 0 Å². The van der Waals surface area contributed by atoms with Crippen molar-refractivity contribution in [3.05, 3.63) is 24.3 Å². The molecule has 1 rings (SSSR count). The maximum Gasteiger partial charge on any atom is 0.303 e. The summed E-state index contributed by atoms with van der Waals surface area (Å²) in [5, 5.41) is 8.36. The molecule has 17 heavy (non-hydrogen) atoms. The highest BCUT2D eigenvalue weighted by atomic mass is 32.2. The smallest absolute Gasteiger partial charge is 0.303 e. The molecule has 0 aliphatic heterocycles. The number of aliphatic carboxylic acids is 1. The standard InChI is InChI=1S/C9H11FN2O4S/c10-7-4-8(6-11-5-7)17(15,16)12-3-1-2-9(13)14/h4-6,12H,1-3H2,(H,13,14). The van der Waals surface area contributed by atoms with Crippen LogP contribution >= 0.6 is 0 Å². The molecular formula is C9H11FN2O4S. The van der Waals surface area contributed by atoms with Crippen LogP contribution in [0.25, 0.3) is 0 Å². The second kappa shape index (κ2) is 5.69. The van der Waals surface area contributed by atoms with Gasteiger partial charge in [0.15, 0.2) is 0 Å². The van der Waals surface area contributed by atoms with Crippen LogP contribution in [0.3, 0.4) is 0 Å². The number of nitrogens with zero attached hydrogens (tertiary/aromatic N) is 1. The highest BCUT2D eigenvalue weighted by Crippen LogP contribution is 2.08. The van der Waals surface area contributed by atoms with Crippen molar-refractivity contribution in [2.45, 2.75) is 17.7 Å². The van der Waals surface area contributed by atoms with Crippen molar-refractivity contribution >= 4 is 16.0 Å². The summed E-state index contributed by atoms with van der Waals surface area (Å²) in [7, 11) is -3.83. The van der Waals surface area contributed by atoms with Crippen LogP contribution in [-0.4, -0.2) is 31.0 Å². The average Bonchev–Trinajstić information content (AvgIpc) is 2.24. The molecule has 0 saturated heterocycles. The number of hydrogen-bond acceptors (Lipinski definition) is 4. The van der Waals surface area contributed by atoms with E-state index in [2.05, 4.69) is 9.71 Å². The minimum Gasteiger partial charge on any atom is -0.481 e. The van der Waals surface area contributed by atoms with Crippen LogP contribution in [0.4, 0.5) is 4.39 Å². The third-order valence-electron chi connectivity index (χ3n) is 1.85. The van der Waals surface area contributed by atoms with Gasteiger partial charge >= 0.3 is 5.97 Å². The topological polar surface area (TPSA) is 96.4 Å². The molecule has 0 atom stereocenters. The summed E-state index contributed by atoms with van der Waals surface area (Å²) < 4.78 is 38.0. The fourth-order valence-electron chi connectivity index (χ4n) is 1.07. The zero-order valence-electron chi connectivity index (χ0n) is 8.76. The number of hydrogen-bond donors (Lipinski definition) is 2. The van der Waals surface area contributed by atoms with Crippen LogP contribution in [0.5, 0.6) is 0 Å². The Morgan fingerprint density at radius 1 is 1.47 bits per heavy atom. The Balaban J connectivity index is 2.60. The molecule has 0 amide bonds. The van der Waals surface area contributed by atoms with E-state index in [9.17, 15) is 17.6 Å². The molecule has 0 aliphatic carbocycles. The van der Waals surface area contributed by atoms with E-state index in [0.717, 1.165) is 18.5 Å². The normalized spacial score (nSPS) is 11.4. The number of carbonyl (C=O) groups is 1. The number of halogens is 1. The Hall–Kier alpha value is -1.54. The van der Waals surface area contributed by atoms with E-state index in [1.165, 1.54) is 0 Å². The molecule has 1 aromatic heterocycles. The van der Waals surface area contributed by atoms with Crippen LogP contribution in [0.2, 0.25) is 0 Å². The predicted octanol–water partition coefficient (Wildman–Crippen LogP) is 0.364. The quantitative estimate of drug-likeness (QED) is 0.722. The van der Waals surface area contributed by atoms with Crippen LogP contribution < -0.4 is 4.72 Å². The van der Waals surface area contributed by atoms with Crippen molar-refractivity contribution in [2.75, 3.05) is 6.54 Å². The molecule has 0 saturated carbocycles. The molecule has 0 radical (unpaired) electrons.